The van der Waals surface area contributed by atoms with Crippen LogP contribution in [0.15, 0.2) is 84.9 Å². The van der Waals surface area contributed by atoms with E-state index in [-0.39, 0.29) is 18.2 Å². The topological polar surface area (TPSA) is 93.7 Å². The van der Waals surface area contributed by atoms with Crippen LogP contribution in [0.1, 0.15) is 45.4 Å². The van der Waals surface area contributed by atoms with Gasteiger partial charge in [0.25, 0.3) is 0 Å². The number of esters is 1. The van der Waals surface area contributed by atoms with Crippen LogP contribution >= 0.6 is 45.8 Å². The second-order valence-electron chi connectivity index (χ2n) is 10.1. The zero-order chi connectivity index (χ0) is 29.6. The van der Waals surface area contributed by atoms with Crippen LogP contribution < -0.4 is 15.4 Å². The van der Waals surface area contributed by atoms with Gasteiger partial charge in [0.1, 0.15) is 16.9 Å². The predicted molar refractivity (Wildman–Crippen MR) is 168 cm³/mol. The van der Waals surface area contributed by atoms with Crippen LogP contribution in [0, 0.1) is 3.57 Å². The lowest BCUT2D eigenvalue weighted by Gasteiger charge is -2.46. The quantitative estimate of drug-likeness (QED) is 0.166. The minimum Gasteiger partial charge on any atom is -0.465 e. The molecule has 2 N–H and O–H groups in total. The maximum Gasteiger partial charge on any atom is 0.337 e. The smallest absolute Gasteiger partial charge is 0.337 e. The number of piperidine rings is 1. The highest BCUT2D eigenvalue weighted by Gasteiger charge is 2.61. The fourth-order valence-electron chi connectivity index (χ4n) is 6.01. The van der Waals surface area contributed by atoms with E-state index < -0.39 is 23.3 Å². The van der Waals surface area contributed by atoms with Gasteiger partial charge in [-0.1, -0.05) is 41.4 Å². The Labute approximate surface area is 265 Å². The molecule has 10 heteroatoms. The molecule has 3 atom stereocenters. The van der Waals surface area contributed by atoms with Crippen LogP contribution in [0.5, 0.6) is 11.5 Å². The number of ether oxygens (including phenoxy) is 2. The average Bonchev–Trinajstić information content (AvgIpc) is 3.25. The van der Waals surface area contributed by atoms with Crippen molar-refractivity contribution in [3.63, 3.8) is 0 Å². The van der Waals surface area contributed by atoms with E-state index in [1.807, 2.05) is 36.4 Å². The lowest BCUT2D eigenvalue weighted by atomic mass is 9.59. The fraction of sp³-hybridized carbons (Fsp3) is 0.156. The molecule has 0 bridgehead atoms. The molecule has 0 radical (unpaired) electrons. The Morgan fingerprint density at radius 3 is 2.45 bits per heavy atom. The molecule has 42 heavy (non-hydrogen) atoms. The number of carbonyl (C=O) groups is 3. The highest BCUT2D eigenvalue weighted by Crippen LogP contribution is 2.58. The largest absolute Gasteiger partial charge is 0.465 e. The summed E-state index contributed by atoms with van der Waals surface area (Å²) in [5, 5.41) is 7.17. The molecule has 4 aromatic rings. The van der Waals surface area contributed by atoms with Crippen molar-refractivity contribution in [1.29, 1.82) is 0 Å². The summed E-state index contributed by atoms with van der Waals surface area (Å²) in [6.07, 6.45) is 0.0709. The van der Waals surface area contributed by atoms with Crippen molar-refractivity contribution in [3.8, 4) is 11.5 Å². The molecule has 0 aromatic heterocycles. The molecule has 1 spiro atoms. The van der Waals surface area contributed by atoms with Crippen LogP contribution in [0.4, 0.5) is 5.69 Å². The van der Waals surface area contributed by atoms with Gasteiger partial charge in [0.15, 0.2) is 0 Å². The molecule has 4 aromatic carbocycles. The number of amides is 2. The first-order valence-corrected chi connectivity index (χ1v) is 14.9. The molecule has 2 aliphatic heterocycles. The first-order chi connectivity index (χ1) is 20.2. The van der Waals surface area contributed by atoms with Crippen molar-refractivity contribution in [1.82, 2.24) is 5.32 Å². The van der Waals surface area contributed by atoms with Crippen LogP contribution in [-0.4, -0.2) is 24.9 Å². The summed E-state index contributed by atoms with van der Waals surface area (Å²) in [7, 11) is 1.32. The zero-order valence-corrected chi connectivity index (χ0v) is 25.8. The summed E-state index contributed by atoms with van der Waals surface area (Å²) in [5.41, 5.74) is 1.83. The molecule has 0 saturated carbocycles. The van der Waals surface area contributed by atoms with Crippen LogP contribution in [0.25, 0.3) is 0 Å². The van der Waals surface area contributed by atoms with Crippen LogP contribution in [0.2, 0.25) is 10.0 Å². The van der Waals surface area contributed by atoms with Gasteiger partial charge in [0.05, 0.1) is 18.7 Å². The third kappa shape index (κ3) is 4.91. The van der Waals surface area contributed by atoms with Gasteiger partial charge in [-0.2, -0.15) is 0 Å². The Hall–Kier alpha value is -3.60. The van der Waals surface area contributed by atoms with Crippen LogP contribution in [-0.2, 0) is 19.7 Å². The SMILES string of the molecule is COC(=O)c1ccc(Oc2ccc(I)cc2[C@@H]2NC(=O)CC(c3cccc(Cl)c3)[C@]23C(=O)Nc2cc(Cl)ccc23)cc1. The van der Waals surface area contributed by atoms with E-state index in [0.717, 1.165) is 14.7 Å². The van der Waals surface area contributed by atoms with E-state index in [0.29, 0.717) is 38.4 Å². The van der Waals surface area contributed by atoms with E-state index >= 15 is 0 Å². The van der Waals surface area contributed by atoms with E-state index in [9.17, 15) is 14.4 Å². The highest BCUT2D eigenvalue weighted by atomic mass is 127. The molecule has 1 fully saturated rings. The van der Waals surface area contributed by atoms with E-state index in [2.05, 4.69) is 33.2 Å². The number of rotatable bonds is 5. The molecule has 212 valence electrons. The maximum absolute atomic E-state index is 14.3. The standard InChI is InChI=1S/C32H23Cl2IN2O5/c1-41-30(39)17-5-9-22(10-6-17)42-27-12-8-21(35)15-23(27)29-32(24-11-7-20(34)14-26(24)36-31(32)40)25(16-28(38)37-29)18-3-2-4-19(33)13-18/h2-15,25,29H,16H2,1H3,(H,36,40)(H,37,38)/t25?,29-,32-/m0/s1. The monoisotopic (exact) mass is 712 g/mol. The summed E-state index contributed by atoms with van der Waals surface area (Å²) in [5.74, 6) is -0.562. The maximum atomic E-state index is 14.3. The number of benzene rings is 4. The second kappa shape index (κ2) is 11.2. The van der Waals surface area contributed by atoms with Crippen molar-refractivity contribution in [2.75, 3.05) is 12.4 Å². The summed E-state index contributed by atoms with van der Waals surface area (Å²) in [6.45, 7) is 0. The predicted octanol–water partition coefficient (Wildman–Crippen LogP) is 7.41. The van der Waals surface area contributed by atoms with E-state index in [4.69, 9.17) is 32.7 Å². The number of halogens is 3. The van der Waals surface area contributed by atoms with Crippen molar-refractivity contribution in [2.45, 2.75) is 23.8 Å². The first kappa shape index (κ1) is 28.5. The van der Waals surface area contributed by atoms with Gasteiger partial charge in [-0.15, -0.1) is 0 Å². The highest BCUT2D eigenvalue weighted by molar-refractivity contribution is 14.1. The minimum absolute atomic E-state index is 0.0709. The van der Waals surface area contributed by atoms with Gasteiger partial charge in [-0.3, -0.25) is 9.59 Å². The van der Waals surface area contributed by atoms with Crippen molar-refractivity contribution in [2.24, 2.45) is 0 Å². The lowest BCUT2D eigenvalue weighted by Crippen LogP contribution is -2.56. The second-order valence-corrected chi connectivity index (χ2v) is 12.2. The molecule has 2 heterocycles. The summed E-state index contributed by atoms with van der Waals surface area (Å²) >= 11 is 14.9. The summed E-state index contributed by atoms with van der Waals surface area (Å²) in [4.78, 5) is 39.7. The number of anilines is 1. The Morgan fingerprint density at radius 2 is 1.71 bits per heavy atom. The van der Waals surface area contributed by atoms with Crippen molar-refractivity contribution in [3.05, 3.63) is 121 Å². The molecule has 1 saturated heterocycles. The van der Waals surface area contributed by atoms with Gasteiger partial charge in [-0.25, -0.2) is 4.79 Å². The molecule has 2 amide bonds. The zero-order valence-electron chi connectivity index (χ0n) is 22.1. The molecule has 6 rings (SSSR count). The third-order valence-corrected chi connectivity index (χ3v) is 8.93. The Morgan fingerprint density at radius 1 is 0.952 bits per heavy atom. The van der Waals surface area contributed by atoms with Crippen LogP contribution in [0.3, 0.4) is 0 Å². The van der Waals surface area contributed by atoms with E-state index in [1.54, 1.807) is 48.5 Å². The molecule has 0 aliphatic carbocycles. The normalized spacial score (nSPS) is 21.0. The Kier molecular flexibility index (Phi) is 7.63. The van der Waals surface area contributed by atoms with Crippen molar-refractivity contribution >= 4 is 69.3 Å². The average molecular weight is 713 g/mol. The number of nitrogens with one attached hydrogen (secondary N) is 2. The Bertz CT molecular complexity index is 1750. The summed E-state index contributed by atoms with van der Waals surface area (Å²) in [6, 6.07) is 23.9. The number of hydrogen-bond acceptors (Lipinski definition) is 5. The molecule has 1 unspecified atom stereocenters. The lowest BCUT2D eigenvalue weighted by molar-refractivity contribution is -0.131. The van der Waals surface area contributed by atoms with Gasteiger partial charge in [0.2, 0.25) is 11.8 Å². The van der Waals surface area contributed by atoms with Gasteiger partial charge in [0, 0.05) is 37.2 Å². The number of fused-ring (bicyclic) bond motifs is 2. The Balaban J connectivity index is 1.54. The van der Waals surface area contributed by atoms with Gasteiger partial charge < -0.3 is 20.1 Å². The fourth-order valence-corrected chi connectivity index (χ4v) is 6.90. The molecular formula is C32H23Cl2IN2O5. The summed E-state index contributed by atoms with van der Waals surface area (Å²) < 4.78 is 12.0. The first-order valence-electron chi connectivity index (χ1n) is 13.0. The third-order valence-electron chi connectivity index (χ3n) is 7.79. The number of methoxy groups -OCH3 is 1. The number of hydrogen-bond donors (Lipinski definition) is 2. The van der Waals surface area contributed by atoms with Gasteiger partial charge in [-0.05, 0) is 100 Å². The van der Waals surface area contributed by atoms with Crippen molar-refractivity contribution < 1.29 is 23.9 Å². The molecule has 2 aliphatic rings. The minimum atomic E-state index is -1.25. The van der Waals surface area contributed by atoms with E-state index in [1.165, 1.54) is 7.11 Å². The van der Waals surface area contributed by atoms with Gasteiger partial charge >= 0.3 is 5.97 Å². The molecular weight excluding hydrogens is 690 g/mol. The molecule has 7 nitrogen and oxygen atoms in total. The number of carbonyl (C=O) groups excluding carboxylic acids is 3.